The molecule has 0 saturated carbocycles. The van der Waals surface area contributed by atoms with Gasteiger partial charge in [-0.15, -0.1) is 5.06 Å². The molecule has 0 aromatic carbocycles. The topological polar surface area (TPSA) is 128 Å². The molecule has 0 aromatic heterocycles. The summed E-state index contributed by atoms with van der Waals surface area (Å²) in [5.74, 6) is -3.06. The predicted molar refractivity (Wildman–Crippen MR) is 76.7 cm³/mol. The summed E-state index contributed by atoms with van der Waals surface area (Å²) in [5, 5.41) is 2.55. The number of hydrogen-bond donors (Lipinski definition) is 1. The van der Waals surface area contributed by atoms with E-state index in [9.17, 15) is 24.0 Å². The van der Waals surface area contributed by atoms with Gasteiger partial charge in [0.25, 0.3) is 11.8 Å². The van der Waals surface area contributed by atoms with Crippen LogP contribution in [0.2, 0.25) is 0 Å². The fourth-order valence-electron chi connectivity index (χ4n) is 1.71. The van der Waals surface area contributed by atoms with Crippen LogP contribution in [0.5, 0.6) is 0 Å². The number of hydroxylamine groups is 2. The first-order chi connectivity index (χ1) is 11.0. The van der Waals surface area contributed by atoms with Gasteiger partial charge in [0, 0.05) is 19.8 Å². The molecule has 134 valence electrons. The van der Waals surface area contributed by atoms with Crippen molar-refractivity contribution in [3.63, 3.8) is 0 Å². The Kier molecular flexibility index (Phi) is 6.27. The van der Waals surface area contributed by atoms with Crippen molar-refractivity contribution in [3.05, 3.63) is 0 Å². The van der Waals surface area contributed by atoms with E-state index in [1.807, 2.05) is 0 Å². The number of carbonyl (C=O) groups is 5. The number of ether oxygens (including phenoxy) is 2. The predicted octanol–water partition coefficient (Wildman–Crippen LogP) is 0.398. The number of amides is 3. The molecule has 1 fully saturated rings. The maximum absolute atomic E-state index is 11.8. The van der Waals surface area contributed by atoms with Crippen molar-refractivity contribution in [2.75, 3.05) is 0 Å². The first kappa shape index (κ1) is 19.4. The van der Waals surface area contributed by atoms with Gasteiger partial charge in [-0.3, -0.25) is 19.7 Å². The van der Waals surface area contributed by atoms with Gasteiger partial charge in [0.05, 0.1) is 0 Å². The van der Waals surface area contributed by atoms with Crippen LogP contribution in [-0.4, -0.2) is 46.7 Å². The van der Waals surface area contributed by atoms with E-state index in [-0.39, 0.29) is 12.8 Å². The smallest absolute Gasteiger partial charge is 0.410 e. The number of alkyl carbamates (subject to hydrolysis) is 1. The zero-order valence-electron chi connectivity index (χ0n) is 13.9. The van der Waals surface area contributed by atoms with Crippen LogP contribution in [0, 0.1) is 0 Å². The Hall–Kier alpha value is -2.65. The van der Waals surface area contributed by atoms with Crippen LogP contribution in [0.15, 0.2) is 0 Å². The molecular weight excluding hydrogens is 324 g/mol. The highest BCUT2D eigenvalue weighted by molar-refractivity contribution is 6.01. The van der Waals surface area contributed by atoms with Crippen LogP contribution in [0.1, 0.15) is 47.0 Å². The summed E-state index contributed by atoms with van der Waals surface area (Å²) in [4.78, 5) is 61.9. The van der Waals surface area contributed by atoms with Crippen molar-refractivity contribution < 1.29 is 38.3 Å². The Morgan fingerprint density at radius 2 is 1.71 bits per heavy atom. The molecule has 1 rings (SSSR count). The van der Waals surface area contributed by atoms with E-state index in [0.29, 0.717) is 5.06 Å². The molecule has 1 N–H and O–H groups in total. The molecule has 1 heterocycles. The van der Waals surface area contributed by atoms with Crippen molar-refractivity contribution in [1.29, 1.82) is 0 Å². The lowest BCUT2D eigenvalue weighted by atomic mass is 10.2. The molecule has 0 spiro atoms. The van der Waals surface area contributed by atoms with E-state index in [2.05, 4.69) is 10.2 Å². The average molecular weight is 344 g/mol. The van der Waals surface area contributed by atoms with Crippen molar-refractivity contribution in [3.8, 4) is 0 Å². The summed E-state index contributed by atoms with van der Waals surface area (Å²) in [7, 11) is 0. The molecule has 1 atom stereocenters. The number of hydrogen-bond acceptors (Lipinski definition) is 8. The van der Waals surface area contributed by atoms with E-state index >= 15 is 0 Å². The number of nitrogens with zero attached hydrogens (tertiary/aromatic N) is 1. The van der Waals surface area contributed by atoms with Gasteiger partial charge in [-0.2, -0.15) is 0 Å². The lowest BCUT2D eigenvalue weighted by Crippen LogP contribution is -2.43. The minimum Gasteiger partial charge on any atom is -0.444 e. The molecule has 1 saturated heterocycles. The lowest BCUT2D eigenvalue weighted by molar-refractivity contribution is -0.199. The summed E-state index contributed by atoms with van der Waals surface area (Å²) >= 11 is 0. The first-order valence-corrected chi connectivity index (χ1v) is 7.21. The van der Waals surface area contributed by atoms with Gasteiger partial charge in [0.2, 0.25) is 0 Å². The second kappa shape index (κ2) is 7.75. The Morgan fingerprint density at radius 3 is 2.17 bits per heavy atom. The second-order valence-corrected chi connectivity index (χ2v) is 5.99. The quantitative estimate of drug-likeness (QED) is 0.431. The van der Waals surface area contributed by atoms with E-state index in [1.165, 1.54) is 0 Å². The number of nitrogens with one attached hydrogen (secondary N) is 1. The third-order valence-corrected chi connectivity index (χ3v) is 2.54. The van der Waals surface area contributed by atoms with Crippen molar-refractivity contribution in [2.45, 2.75) is 58.8 Å². The van der Waals surface area contributed by atoms with E-state index in [0.717, 1.165) is 6.92 Å². The molecule has 10 heteroatoms. The van der Waals surface area contributed by atoms with Gasteiger partial charge in [-0.25, -0.2) is 9.59 Å². The third-order valence-electron chi connectivity index (χ3n) is 2.54. The van der Waals surface area contributed by atoms with E-state index in [1.54, 1.807) is 20.8 Å². The molecule has 10 nitrogen and oxygen atoms in total. The van der Waals surface area contributed by atoms with E-state index < -0.39 is 48.1 Å². The van der Waals surface area contributed by atoms with E-state index in [4.69, 9.17) is 9.47 Å². The molecule has 0 bridgehead atoms. The van der Waals surface area contributed by atoms with Gasteiger partial charge < -0.3 is 14.3 Å². The summed E-state index contributed by atoms with van der Waals surface area (Å²) in [6.45, 7) is 5.98. The molecule has 0 aliphatic carbocycles. The maximum Gasteiger partial charge on any atom is 0.410 e. The molecule has 24 heavy (non-hydrogen) atoms. The third kappa shape index (κ3) is 6.63. The van der Waals surface area contributed by atoms with Crippen molar-refractivity contribution in [2.24, 2.45) is 0 Å². The minimum absolute atomic E-state index is 0.0460. The largest absolute Gasteiger partial charge is 0.444 e. The maximum atomic E-state index is 11.8. The van der Waals surface area contributed by atoms with Gasteiger partial charge in [0.1, 0.15) is 12.0 Å². The lowest BCUT2D eigenvalue weighted by Gasteiger charge is -2.23. The van der Waals surface area contributed by atoms with Crippen LogP contribution < -0.4 is 5.32 Å². The summed E-state index contributed by atoms with van der Waals surface area (Å²) in [6, 6.07) is 0. The Labute approximate surface area is 138 Å². The standard InChI is InChI=1S/C14H20N2O8/c1-8(17)22-9(15-13(21)23-14(2,3)4)7-12(20)24-16-10(18)5-6-11(16)19/h9H,5-7H2,1-4H3,(H,15,21)/t9-/m1/s1. The highest BCUT2D eigenvalue weighted by Gasteiger charge is 2.34. The normalized spacial score (nSPS) is 15.8. The molecule has 0 aromatic rings. The van der Waals surface area contributed by atoms with Gasteiger partial charge >= 0.3 is 18.0 Å². The zero-order chi connectivity index (χ0) is 18.5. The zero-order valence-corrected chi connectivity index (χ0v) is 13.9. The summed E-state index contributed by atoms with van der Waals surface area (Å²) in [5.41, 5.74) is -0.792. The summed E-state index contributed by atoms with van der Waals surface area (Å²) < 4.78 is 9.77. The summed E-state index contributed by atoms with van der Waals surface area (Å²) in [6.07, 6.45) is -2.96. The number of carbonyl (C=O) groups excluding carboxylic acids is 5. The molecule has 3 amide bonds. The monoisotopic (exact) mass is 344 g/mol. The van der Waals surface area contributed by atoms with Gasteiger partial charge in [0.15, 0.2) is 6.23 Å². The Morgan fingerprint density at radius 1 is 1.17 bits per heavy atom. The van der Waals surface area contributed by atoms with Gasteiger partial charge in [-0.05, 0) is 20.8 Å². The molecule has 0 radical (unpaired) electrons. The molecule has 0 unspecified atom stereocenters. The Balaban J connectivity index is 2.63. The van der Waals surface area contributed by atoms with Crippen LogP contribution >= 0.6 is 0 Å². The van der Waals surface area contributed by atoms with Crippen LogP contribution in [0.3, 0.4) is 0 Å². The van der Waals surface area contributed by atoms with Crippen molar-refractivity contribution >= 4 is 29.8 Å². The molecule has 1 aliphatic heterocycles. The van der Waals surface area contributed by atoms with Crippen LogP contribution in [-0.2, 0) is 33.5 Å². The fourth-order valence-corrected chi connectivity index (χ4v) is 1.71. The first-order valence-electron chi connectivity index (χ1n) is 7.21. The highest BCUT2D eigenvalue weighted by atomic mass is 16.7. The number of imide groups is 1. The molecule has 1 aliphatic rings. The number of rotatable bonds is 5. The highest BCUT2D eigenvalue weighted by Crippen LogP contribution is 2.13. The fraction of sp³-hybridized carbons (Fsp3) is 0.643. The van der Waals surface area contributed by atoms with Crippen LogP contribution in [0.4, 0.5) is 4.79 Å². The SMILES string of the molecule is CC(=O)O[C@H](CC(=O)ON1C(=O)CCC1=O)NC(=O)OC(C)(C)C. The average Bonchev–Trinajstić information content (AvgIpc) is 2.67. The Bertz CT molecular complexity index is 535. The van der Waals surface area contributed by atoms with Crippen molar-refractivity contribution in [1.82, 2.24) is 10.4 Å². The minimum atomic E-state index is -1.36. The van der Waals surface area contributed by atoms with Gasteiger partial charge in [-0.1, -0.05) is 0 Å². The molecular formula is C14H20N2O8. The number of esters is 1. The van der Waals surface area contributed by atoms with Crippen LogP contribution in [0.25, 0.3) is 0 Å². The second-order valence-electron chi connectivity index (χ2n) is 5.99.